The first-order valence-electron chi connectivity index (χ1n) is 12.4. The van der Waals surface area contributed by atoms with Crippen molar-refractivity contribution in [3.63, 3.8) is 0 Å². The second-order valence-electron chi connectivity index (χ2n) is 8.99. The summed E-state index contributed by atoms with van der Waals surface area (Å²) in [5.41, 5.74) is 0.893. The van der Waals surface area contributed by atoms with Crippen molar-refractivity contribution >= 4 is 75.5 Å². The number of hydrogen-bond acceptors (Lipinski definition) is 14. The lowest BCUT2D eigenvalue weighted by atomic mass is 10.0. The van der Waals surface area contributed by atoms with Crippen molar-refractivity contribution in [2.75, 3.05) is 16.8 Å². The number of β-lactam (4-membered cyclic amide) rings is 1. The fourth-order valence-corrected chi connectivity index (χ4v) is 7.38. The number of carbonyl (C=O) groups is 4. The van der Waals surface area contributed by atoms with Gasteiger partial charge in [0.15, 0.2) is 16.5 Å². The number of hydrogen-bond donors (Lipinski definition) is 3. The molecule has 0 radical (unpaired) electrons. The summed E-state index contributed by atoms with van der Waals surface area (Å²) < 4.78 is 1.27. The van der Waals surface area contributed by atoms with E-state index >= 15 is 0 Å². The average molecular weight is 629 g/mol. The zero-order valence-corrected chi connectivity index (χ0v) is 23.8. The fourth-order valence-electron chi connectivity index (χ4n) is 4.39. The standard InChI is InChI=1S/C23H20N10O6S3/c34-10-24-23-25-13(9-42-23)16(29-39-12-3-1-2-4-12)19(35)26-17-20(36)32-18(22(37)38)11(8-41-21(17)32)7-40-15-6-5-14-27-30-31-33(14)28-15/h1,3,5-6,9-10,12,17,21H,2,4,7-8H2,(H,26,35)(H,37,38)(H,24,25,34)/t12?,17?,21-/m1/s1. The summed E-state index contributed by atoms with van der Waals surface area (Å²) in [6, 6.07) is 2.43. The van der Waals surface area contributed by atoms with Gasteiger partial charge in [0.2, 0.25) is 6.41 Å². The molecule has 19 heteroatoms. The number of anilines is 1. The van der Waals surface area contributed by atoms with Crippen LogP contribution >= 0.6 is 34.9 Å². The van der Waals surface area contributed by atoms with Crippen molar-refractivity contribution in [2.45, 2.75) is 35.4 Å². The molecule has 216 valence electrons. The molecule has 3 aliphatic rings. The van der Waals surface area contributed by atoms with Crippen molar-refractivity contribution in [2.24, 2.45) is 5.16 Å². The summed E-state index contributed by atoms with van der Waals surface area (Å²) >= 11 is 3.73. The van der Waals surface area contributed by atoms with Crippen LogP contribution in [-0.2, 0) is 24.0 Å². The Morgan fingerprint density at radius 2 is 2.21 bits per heavy atom. The van der Waals surface area contributed by atoms with E-state index in [1.807, 2.05) is 12.2 Å². The molecule has 0 saturated carbocycles. The molecule has 2 aliphatic heterocycles. The lowest BCUT2D eigenvalue weighted by molar-refractivity contribution is -0.150. The van der Waals surface area contributed by atoms with Gasteiger partial charge in [-0.1, -0.05) is 11.2 Å². The number of amides is 3. The maximum Gasteiger partial charge on any atom is 0.352 e. The topological polar surface area (TPSA) is 206 Å². The van der Waals surface area contributed by atoms with E-state index in [4.69, 9.17) is 4.84 Å². The second kappa shape index (κ2) is 11.9. The van der Waals surface area contributed by atoms with Gasteiger partial charge in [0.25, 0.3) is 11.8 Å². The zero-order chi connectivity index (χ0) is 29.2. The molecule has 3 N–H and O–H groups in total. The highest BCUT2D eigenvalue weighted by Crippen LogP contribution is 2.41. The number of carboxylic acids is 1. The SMILES string of the molecule is O=CNc1nc(C(=NOC2C=CCC2)C(=O)NC2C(=O)N3C(C(=O)O)=C(CSc4ccc5nnnn5n4)CS[C@H]23)cs1. The van der Waals surface area contributed by atoms with E-state index in [-0.39, 0.29) is 34.1 Å². The van der Waals surface area contributed by atoms with E-state index in [2.05, 4.69) is 41.4 Å². The van der Waals surface area contributed by atoms with Crippen LogP contribution in [0.2, 0.25) is 0 Å². The number of aromatic nitrogens is 6. The summed E-state index contributed by atoms with van der Waals surface area (Å²) in [5, 5.41) is 36.3. The summed E-state index contributed by atoms with van der Waals surface area (Å²) in [7, 11) is 0. The molecule has 3 aromatic heterocycles. The first-order valence-corrected chi connectivity index (χ1v) is 15.3. The Labute approximate surface area is 248 Å². The van der Waals surface area contributed by atoms with Crippen molar-refractivity contribution in [3.8, 4) is 0 Å². The van der Waals surface area contributed by atoms with E-state index < -0.39 is 29.2 Å². The predicted molar refractivity (Wildman–Crippen MR) is 151 cm³/mol. The summed E-state index contributed by atoms with van der Waals surface area (Å²) in [5.74, 6) is -1.92. The zero-order valence-electron chi connectivity index (χ0n) is 21.3. The van der Waals surface area contributed by atoms with Crippen LogP contribution in [0.3, 0.4) is 0 Å². The summed E-state index contributed by atoms with van der Waals surface area (Å²) in [4.78, 5) is 60.6. The van der Waals surface area contributed by atoms with E-state index in [0.29, 0.717) is 34.8 Å². The van der Waals surface area contributed by atoms with Gasteiger partial charge in [0.1, 0.15) is 33.9 Å². The number of tetrazole rings is 1. The quantitative estimate of drug-likeness (QED) is 0.0662. The Kier molecular flexibility index (Phi) is 7.85. The molecule has 1 saturated heterocycles. The number of thiazole rings is 1. The lowest BCUT2D eigenvalue weighted by Gasteiger charge is -2.49. The van der Waals surface area contributed by atoms with Gasteiger partial charge in [-0.25, -0.2) is 9.78 Å². The number of nitrogens with zero attached hydrogens (tertiary/aromatic N) is 8. The first kappa shape index (κ1) is 27.8. The normalized spacial score (nSPS) is 21.7. The fraction of sp³-hybridized carbons (Fsp3) is 0.304. The number of carbonyl (C=O) groups excluding carboxylic acids is 3. The highest BCUT2D eigenvalue weighted by Gasteiger charge is 2.54. The van der Waals surface area contributed by atoms with Gasteiger partial charge >= 0.3 is 5.97 Å². The smallest absolute Gasteiger partial charge is 0.352 e. The summed E-state index contributed by atoms with van der Waals surface area (Å²) in [6.45, 7) is 0. The number of rotatable bonds is 11. The number of nitrogens with one attached hydrogen (secondary N) is 2. The van der Waals surface area contributed by atoms with Gasteiger partial charge < -0.3 is 20.6 Å². The Morgan fingerprint density at radius 1 is 1.33 bits per heavy atom. The van der Waals surface area contributed by atoms with Gasteiger partial charge in [-0.2, -0.15) is 0 Å². The van der Waals surface area contributed by atoms with Crippen LogP contribution in [0.1, 0.15) is 18.5 Å². The van der Waals surface area contributed by atoms with Crippen LogP contribution in [0.4, 0.5) is 5.13 Å². The molecule has 2 unspecified atom stereocenters. The van der Waals surface area contributed by atoms with Crippen LogP contribution < -0.4 is 10.6 Å². The molecule has 3 aromatic rings. The molecule has 1 aliphatic carbocycles. The Hall–Kier alpha value is -4.36. The number of fused-ring (bicyclic) bond motifs is 2. The maximum absolute atomic E-state index is 13.4. The minimum absolute atomic E-state index is 0.112. The molecule has 0 spiro atoms. The molecule has 6 rings (SSSR count). The highest BCUT2D eigenvalue weighted by atomic mass is 32.2. The monoisotopic (exact) mass is 628 g/mol. The minimum atomic E-state index is -1.24. The third-order valence-corrected chi connectivity index (χ3v) is 9.49. The number of allylic oxidation sites excluding steroid dienone is 1. The molecule has 5 heterocycles. The second-order valence-corrected chi connectivity index (χ2v) is 12.0. The molecule has 1 fully saturated rings. The molecule has 3 atom stereocenters. The van der Waals surface area contributed by atoms with Gasteiger partial charge in [0.05, 0.1) is 0 Å². The van der Waals surface area contributed by atoms with Gasteiger partial charge in [-0.3, -0.25) is 19.3 Å². The number of oxime groups is 1. The van der Waals surface area contributed by atoms with Crippen LogP contribution in [0, 0.1) is 0 Å². The largest absolute Gasteiger partial charge is 0.477 e. The minimum Gasteiger partial charge on any atom is -0.477 e. The Bertz CT molecular complexity index is 1670. The van der Waals surface area contributed by atoms with E-state index in [9.17, 15) is 24.3 Å². The molecular formula is C23H20N10O6S3. The van der Waals surface area contributed by atoms with Crippen LogP contribution in [0.15, 0.2) is 51.1 Å². The molecule has 3 amide bonds. The molecular weight excluding hydrogens is 609 g/mol. The van der Waals surface area contributed by atoms with Gasteiger partial charge in [-0.05, 0) is 47.1 Å². The number of aliphatic carboxylic acids is 1. The number of thioether (sulfide) groups is 2. The van der Waals surface area contributed by atoms with Crippen molar-refractivity contribution < 1.29 is 29.1 Å². The van der Waals surface area contributed by atoms with E-state index in [0.717, 1.165) is 17.8 Å². The predicted octanol–water partition coefficient (Wildman–Crippen LogP) is 0.514. The third-order valence-electron chi connectivity index (χ3n) is 6.37. The Morgan fingerprint density at radius 3 is 3.00 bits per heavy atom. The molecule has 42 heavy (non-hydrogen) atoms. The molecule has 0 bridgehead atoms. The van der Waals surface area contributed by atoms with Crippen molar-refractivity contribution in [1.29, 1.82) is 0 Å². The highest BCUT2D eigenvalue weighted by molar-refractivity contribution is 8.01. The van der Waals surface area contributed by atoms with Crippen LogP contribution in [-0.4, -0.2) is 99.2 Å². The first-order chi connectivity index (χ1) is 20.4. The van der Waals surface area contributed by atoms with Gasteiger partial charge in [0, 0.05) is 16.9 Å². The maximum atomic E-state index is 13.4. The van der Waals surface area contributed by atoms with E-state index in [1.165, 1.54) is 38.4 Å². The molecule has 0 aromatic carbocycles. The van der Waals surface area contributed by atoms with Gasteiger partial charge in [-0.15, -0.1) is 49.7 Å². The molecule has 16 nitrogen and oxygen atoms in total. The third kappa shape index (κ3) is 5.44. The van der Waals surface area contributed by atoms with Crippen molar-refractivity contribution in [1.82, 2.24) is 40.5 Å². The van der Waals surface area contributed by atoms with Crippen LogP contribution in [0.25, 0.3) is 5.65 Å². The van der Waals surface area contributed by atoms with E-state index in [1.54, 1.807) is 12.1 Å². The lowest BCUT2D eigenvalue weighted by Crippen LogP contribution is -2.71. The Balaban J connectivity index is 1.17. The van der Waals surface area contributed by atoms with Crippen LogP contribution in [0.5, 0.6) is 0 Å². The van der Waals surface area contributed by atoms with Crippen molar-refractivity contribution in [3.05, 3.63) is 46.6 Å². The average Bonchev–Trinajstić information content (AvgIpc) is 3.77. The number of carboxylic acid groups (broad SMARTS) is 1. The summed E-state index contributed by atoms with van der Waals surface area (Å²) in [6.07, 6.45) is 5.46.